The van der Waals surface area contributed by atoms with Crippen molar-refractivity contribution < 1.29 is 0 Å². The Labute approximate surface area is 105 Å². The van der Waals surface area contributed by atoms with Gasteiger partial charge >= 0.3 is 0 Å². The van der Waals surface area contributed by atoms with Crippen molar-refractivity contribution in [3.63, 3.8) is 0 Å². The number of rotatable bonds is 3. The van der Waals surface area contributed by atoms with Crippen molar-refractivity contribution in [3.8, 4) is 0 Å². The molecule has 1 N–H and O–H groups in total. The Kier molecular flexibility index (Phi) is 3.45. The summed E-state index contributed by atoms with van der Waals surface area (Å²) in [5.74, 6) is 0. The van der Waals surface area contributed by atoms with Crippen molar-refractivity contribution in [2.24, 2.45) is 5.41 Å². The smallest absolute Gasteiger partial charge is 0.0728 e. The van der Waals surface area contributed by atoms with Crippen molar-refractivity contribution in [2.75, 3.05) is 5.32 Å². The number of aromatic nitrogens is 2. The molecule has 0 saturated heterocycles. The average molecular weight is 235 g/mol. The van der Waals surface area contributed by atoms with Crippen LogP contribution in [0.3, 0.4) is 0 Å². The predicted octanol–water partition coefficient (Wildman–Crippen LogP) is 3.84. The van der Waals surface area contributed by atoms with E-state index in [4.69, 9.17) is 0 Å². The molecule has 0 atom stereocenters. The Morgan fingerprint density at radius 1 is 1.35 bits per heavy atom. The highest BCUT2D eigenvalue weighted by Gasteiger charge is 2.26. The van der Waals surface area contributed by atoms with E-state index < -0.39 is 0 Å². The van der Waals surface area contributed by atoms with Crippen LogP contribution in [0.4, 0.5) is 5.69 Å². The van der Waals surface area contributed by atoms with Crippen LogP contribution in [0.25, 0.3) is 0 Å². The maximum atomic E-state index is 4.36. The van der Waals surface area contributed by atoms with E-state index in [0.717, 1.165) is 0 Å². The Balaban J connectivity index is 1.89. The summed E-state index contributed by atoms with van der Waals surface area (Å²) in [6.07, 6.45) is 9.26. The lowest BCUT2D eigenvalue weighted by Crippen LogP contribution is -2.29. The van der Waals surface area contributed by atoms with E-state index in [0.29, 0.717) is 17.5 Å². The Bertz CT molecular complexity index is 355. The summed E-state index contributed by atoms with van der Waals surface area (Å²) in [7, 11) is 0. The van der Waals surface area contributed by atoms with Gasteiger partial charge in [0.05, 0.1) is 11.9 Å². The van der Waals surface area contributed by atoms with E-state index in [1.165, 1.54) is 31.4 Å². The highest BCUT2D eigenvalue weighted by Crippen LogP contribution is 2.36. The fourth-order valence-corrected chi connectivity index (χ4v) is 2.47. The van der Waals surface area contributed by atoms with Crippen LogP contribution in [0.15, 0.2) is 12.4 Å². The lowest BCUT2D eigenvalue weighted by Gasteiger charge is -2.34. The summed E-state index contributed by atoms with van der Waals surface area (Å²) < 4.78 is 2.01. The Morgan fingerprint density at radius 3 is 2.53 bits per heavy atom. The standard InChI is InChI=1S/C14H25N3/c1-11(2)17-10-13(9-15-17)16-12-5-7-14(3,4)8-6-12/h9-12,16H,5-8H2,1-4H3. The van der Waals surface area contributed by atoms with Gasteiger partial charge < -0.3 is 5.32 Å². The first-order valence-electron chi connectivity index (χ1n) is 6.77. The van der Waals surface area contributed by atoms with Crippen LogP contribution in [0, 0.1) is 5.41 Å². The first kappa shape index (κ1) is 12.5. The molecule has 3 heteroatoms. The molecule has 1 aromatic rings. The largest absolute Gasteiger partial charge is 0.380 e. The summed E-state index contributed by atoms with van der Waals surface area (Å²) in [4.78, 5) is 0. The molecule has 3 nitrogen and oxygen atoms in total. The fourth-order valence-electron chi connectivity index (χ4n) is 2.47. The van der Waals surface area contributed by atoms with E-state index in [1.807, 2.05) is 10.9 Å². The normalized spacial score (nSPS) is 20.8. The third-order valence-corrected chi connectivity index (χ3v) is 3.84. The summed E-state index contributed by atoms with van der Waals surface area (Å²) in [6.45, 7) is 9.06. The fraction of sp³-hybridized carbons (Fsp3) is 0.786. The number of anilines is 1. The van der Waals surface area contributed by atoms with Gasteiger partial charge in [0.25, 0.3) is 0 Å². The van der Waals surface area contributed by atoms with Gasteiger partial charge in [-0.2, -0.15) is 5.10 Å². The molecule has 0 unspecified atom stereocenters. The van der Waals surface area contributed by atoms with Crippen molar-refractivity contribution in [1.82, 2.24) is 9.78 Å². The van der Waals surface area contributed by atoms with Crippen LogP contribution in [0.1, 0.15) is 59.4 Å². The number of nitrogens with zero attached hydrogens (tertiary/aromatic N) is 2. The maximum Gasteiger partial charge on any atom is 0.0728 e. The molecule has 1 fully saturated rings. The molecule has 1 aliphatic rings. The lowest BCUT2D eigenvalue weighted by atomic mass is 9.75. The zero-order valence-corrected chi connectivity index (χ0v) is 11.5. The quantitative estimate of drug-likeness (QED) is 0.862. The molecule has 0 radical (unpaired) electrons. The second kappa shape index (κ2) is 4.71. The van der Waals surface area contributed by atoms with Gasteiger partial charge in [0, 0.05) is 18.3 Å². The van der Waals surface area contributed by atoms with Gasteiger partial charge in [-0.15, -0.1) is 0 Å². The van der Waals surface area contributed by atoms with Crippen molar-refractivity contribution in [1.29, 1.82) is 0 Å². The second-order valence-electron chi connectivity index (χ2n) is 6.39. The van der Waals surface area contributed by atoms with Crippen LogP contribution in [-0.2, 0) is 0 Å². The minimum atomic E-state index is 0.441. The van der Waals surface area contributed by atoms with Gasteiger partial charge in [-0.1, -0.05) is 13.8 Å². The number of nitrogens with one attached hydrogen (secondary N) is 1. The summed E-state index contributed by atoms with van der Waals surface area (Å²) in [5, 5.41) is 7.97. The van der Waals surface area contributed by atoms with Crippen LogP contribution >= 0.6 is 0 Å². The van der Waals surface area contributed by atoms with Gasteiger partial charge in [0.15, 0.2) is 0 Å². The average Bonchev–Trinajstić information content (AvgIpc) is 2.70. The minimum absolute atomic E-state index is 0.441. The van der Waals surface area contributed by atoms with E-state index in [1.54, 1.807) is 0 Å². The SMILES string of the molecule is CC(C)n1cc(NC2CCC(C)(C)CC2)cn1. The Morgan fingerprint density at radius 2 is 2.00 bits per heavy atom. The molecule has 96 valence electrons. The van der Waals surface area contributed by atoms with Crippen molar-refractivity contribution in [3.05, 3.63) is 12.4 Å². The molecule has 0 bridgehead atoms. The molecule has 1 heterocycles. The van der Waals surface area contributed by atoms with Crippen LogP contribution in [0.5, 0.6) is 0 Å². The Hall–Kier alpha value is -0.990. The molecule has 0 aromatic carbocycles. The van der Waals surface area contributed by atoms with Crippen LogP contribution < -0.4 is 5.32 Å². The molecular formula is C14H25N3. The molecular weight excluding hydrogens is 210 g/mol. The van der Waals surface area contributed by atoms with E-state index in [-0.39, 0.29) is 0 Å². The van der Waals surface area contributed by atoms with Gasteiger partial charge in [-0.25, -0.2) is 0 Å². The summed E-state index contributed by atoms with van der Waals surface area (Å²) >= 11 is 0. The minimum Gasteiger partial charge on any atom is -0.380 e. The zero-order valence-electron chi connectivity index (χ0n) is 11.5. The lowest BCUT2D eigenvalue weighted by molar-refractivity contribution is 0.232. The first-order chi connectivity index (χ1) is 7.96. The van der Waals surface area contributed by atoms with Gasteiger partial charge in [-0.3, -0.25) is 4.68 Å². The molecule has 17 heavy (non-hydrogen) atoms. The zero-order chi connectivity index (χ0) is 12.5. The monoisotopic (exact) mass is 235 g/mol. The molecule has 0 amide bonds. The molecule has 0 spiro atoms. The first-order valence-corrected chi connectivity index (χ1v) is 6.77. The number of hydrogen-bond donors (Lipinski definition) is 1. The van der Waals surface area contributed by atoms with Crippen LogP contribution in [-0.4, -0.2) is 15.8 Å². The highest BCUT2D eigenvalue weighted by atomic mass is 15.3. The molecule has 2 rings (SSSR count). The van der Waals surface area contributed by atoms with Gasteiger partial charge in [0.1, 0.15) is 0 Å². The summed E-state index contributed by atoms with van der Waals surface area (Å²) in [5.41, 5.74) is 1.71. The maximum absolute atomic E-state index is 4.36. The van der Waals surface area contributed by atoms with Gasteiger partial charge in [0.2, 0.25) is 0 Å². The van der Waals surface area contributed by atoms with Crippen LogP contribution in [0.2, 0.25) is 0 Å². The third kappa shape index (κ3) is 3.24. The predicted molar refractivity (Wildman–Crippen MR) is 72.3 cm³/mol. The molecule has 1 saturated carbocycles. The molecule has 1 aromatic heterocycles. The molecule has 0 aliphatic heterocycles. The third-order valence-electron chi connectivity index (χ3n) is 3.84. The van der Waals surface area contributed by atoms with Gasteiger partial charge in [-0.05, 0) is 44.9 Å². The molecule has 1 aliphatic carbocycles. The highest BCUT2D eigenvalue weighted by molar-refractivity contribution is 5.39. The number of hydrogen-bond acceptors (Lipinski definition) is 2. The van der Waals surface area contributed by atoms with E-state index >= 15 is 0 Å². The van der Waals surface area contributed by atoms with E-state index in [9.17, 15) is 0 Å². The second-order valence-corrected chi connectivity index (χ2v) is 6.39. The van der Waals surface area contributed by atoms with Crippen molar-refractivity contribution in [2.45, 2.75) is 65.5 Å². The summed E-state index contributed by atoms with van der Waals surface area (Å²) in [6, 6.07) is 1.07. The topological polar surface area (TPSA) is 29.9 Å². The van der Waals surface area contributed by atoms with Crippen molar-refractivity contribution >= 4 is 5.69 Å². The van der Waals surface area contributed by atoms with E-state index in [2.05, 4.69) is 44.3 Å².